The number of hydrogen-bond donors (Lipinski definition) is 2. The van der Waals surface area contributed by atoms with Crippen molar-refractivity contribution in [3.8, 4) is 0 Å². The van der Waals surface area contributed by atoms with E-state index < -0.39 is 17.8 Å². The molecule has 4 rings (SSSR count). The highest BCUT2D eigenvalue weighted by atomic mass is 35.5. The van der Waals surface area contributed by atoms with Gasteiger partial charge in [-0.05, 0) is 49.8 Å². The van der Waals surface area contributed by atoms with Crippen molar-refractivity contribution >= 4 is 51.4 Å². The van der Waals surface area contributed by atoms with Crippen LogP contribution in [0.4, 0.5) is 10.7 Å². The van der Waals surface area contributed by atoms with E-state index in [9.17, 15) is 19.5 Å². The summed E-state index contributed by atoms with van der Waals surface area (Å²) < 4.78 is 0. The van der Waals surface area contributed by atoms with Crippen molar-refractivity contribution in [3.05, 3.63) is 39.5 Å². The van der Waals surface area contributed by atoms with Crippen LogP contribution in [0.15, 0.2) is 18.3 Å². The van der Waals surface area contributed by atoms with Crippen molar-refractivity contribution in [3.63, 3.8) is 0 Å². The molecule has 2 amide bonds. The van der Waals surface area contributed by atoms with Gasteiger partial charge in [0.15, 0.2) is 0 Å². The predicted octanol–water partition coefficient (Wildman–Crippen LogP) is 4.39. The Morgan fingerprint density at radius 3 is 2.58 bits per heavy atom. The van der Waals surface area contributed by atoms with Gasteiger partial charge in [-0.15, -0.1) is 11.3 Å². The summed E-state index contributed by atoms with van der Waals surface area (Å²) in [6.07, 6.45) is 6.88. The van der Waals surface area contributed by atoms with Gasteiger partial charge < -0.3 is 15.3 Å². The number of carboxylic acid groups (broad SMARTS) is 1. The zero-order valence-electron chi connectivity index (χ0n) is 17.2. The van der Waals surface area contributed by atoms with Crippen LogP contribution in [-0.4, -0.2) is 34.9 Å². The predicted molar refractivity (Wildman–Crippen MR) is 120 cm³/mol. The standard InChI is InChI=1S/C22H24ClN3O4S/c1-26(12-9-10-17(23)24-11-12)21(28)18-15-7-4-8-16(15)31-20(18)25-19(27)13-5-2-3-6-14(13)22(29)30/h9-11,13-14H,2-8H2,1H3,(H,25,27)(H,29,30). The van der Waals surface area contributed by atoms with Crippen molar-refractivity contribution in [1.29, 1.82) is 0 Å². The molecule has 0 saturated heterocycles. The molecular weight excluding hydrogens is 438 g/mol. The number of carboxylic acids is 1. The van der Waals surface area contributed by atoms with Crippen molar-refractivity contribution < 1.29 is 19.5 Å². The minimum absolute atomic E-state index is 0.225. The number of aromatic nitrogens is 1. The van der Waals surface area contributed by atoms with Gasteiger partial charge in [0.05, 0.1) is 29.3 Å². The van der Waals surface area contributed by atoms with Gasteiger partial charge in [0.25, 0.3) is 5.91 Å². The second kappa shape index (κ2) is 8.96. The lowest BCUT2D eigenvalue weighted by Gasteiger charge is -2.27. The highest BCUT2D eigenvalue weighted by Crippen LogP contribution is 2.41. The van der Waals surface area contributed by atoms with E-state index in [0.29, 0.717) is 34.2 Å². The van der Waals surface area contributed by atoms with E-state index in [-0.39, 0.29) is 11.8 Å². The summed E-state index contributed by atoms with van der Waals surface area (Å²) in [4.78, 5) is 44.8. The fraction of sp³-hybridized carbons (Fsp3) is 0.455. The number of halogens is 1. The van der Waals surface area contributed by atoms with Crippen LogP contribution in [0.3, 0.4) is 0 Å². The lowest BCUT2D eigenvalue weighted by molar-refractivity contribution is -0.147. The first kappa shape index (κ1) is 21.8. The molecule has 9 heteroatoms. The molecule has 2 aliphatic rings. The fourth-order valence-corrected chi connectivity index (χ4v) is 5.91. The second-order valence-corrected chi connectivity index (χ2v) is 9.58. The minimum atomic E-state index is -0.931. The number of nitrogens with one attached hydrogen (secondary N) is 1. The van der Waals surface area contributed by atoms with Crippen LogP contribution in [0.2, 0.25) is 5.15 Å². The molecule has 2 aromatic rings. The van der Waals surface area contributed by atoms with Gasteiger partial charge in [0, 0.05) is 11.9 Å². The molecule has 164 valence electrons. The van der Waals surface area contributed by atoms with E-state index in [4.69, 9.17) is 11.6 Å². The topological polar surface area (TPSA) is 99.6 Å². The quantitative estimate of drug-likeness (QED) is 0.643. The number of pyridine rings is 1. The minimum Gasteiger partial charge on any atom is -0.481 e. The number of rotatable bonds is 5. The van der Waals surface area contributed by atoms with E-state index in [1.54, 1.807) is 19.2 Å². The SMILES string of the molecule is CN(C(=O)c1c(NC(=O)C2CCCCC2C(=O)O)sc2c1CCC2)c1ccc(Cl)nc1. The number of carbonyl (C=O) groups is 3. The molecule has 2 heterocycles. The summed E-state index contributed by atoms with van der Waals surface area (Å²) in [5.74, 6) is -2.72. The molecule has 0 spiro atoms. The number of anilines is 2. The number of nitrogens with zero attached hydrogens (tertiary/aromatic N) is 2. The summed E-state index contributed by atoms with van der Waals surface area (Å²) in [5, 5.41) is 13.3. The largest absolute Gasteiger partial charge is 0.481 e. The first-order chi connectivity index (χ1) is 14.9. The first-order valence-electron chi connectivity index (χ1n) is 10.4. The maximum absolute atomic E-state index is 13.4. The van der Waals surface area contributed by atoms with Crippen LogP contribution < -0.4 is 10.2 Å². The molecule has 0 aromatic carbocycles. The molecule has 0 radical (unpaired) electrons. The summed E-state index contributed by atoms with van der Waals surface area (Å²) >= 11 is 7.29. The number of aryl methyl sites for hydroxylation is 1. The van der Waals surface area contributed by atoms with E-state index in [1.165, 1.54) is 22.4 Å². The molecular formula is C22H24ClN3O4S. The Hall–Kier alpha value is -2.45. The maximum Gasteiger partial charge on any atom is 0.307 e. The van der Waals surface area contributed by atoms with Crippen LogP contribution in [0.25, 0.3) is 0 Å². The van der Waals surface area contributed by atoms with Gasteiger partial charge in [0.2, 0.25) is 5.91 Å². The van der Waals surface area contributed by atoms with Gasteiger partial charge in [-0.1, -0.05) is 24.4 Å². The van der Waals surface area contributed by atoms with Gasteiger partial charge in [-0.3, -0.25) is 14.4 Å². The smallest absolute Gasteiger partial charge is 0.307 e. The van der Waals surface area contributed by atoms with Crippen LogP contribution in [0.5, 0.6) is 0 Å². The second-order valence-electron chi connectivity index (χ2n) is 8.09. The Balaban J connectivity index is 1.62. The highest BCUT2D eigenvalue weighted by molar-refractivity contribution is 7.17. The number of thiophene rings is 1. The number of fused-ring (bicyclic) bond motifs is 1. The van der Waals surface area contributed by atoms with E-state index in [2.05, 4.69) is 10.3 Å². The summed E-state index contributed by atoms with van der Waals surface area (Å²) in [7, 11) is 1.67. The zero-order chi connectivity index (χ0) is 22.1. The summed E-state index contributed by atoms with van der Waals surface area (Å²) in [6.45, 7) is 0. The molecule has 2 atom stereocenters. The third-order valence-corrected chi connectivity index (χ3v) is 7.63. The van der Waals surface area contributed by atoms with Crippen LogP contribution in [0.1, 0.15) is 52.9 Å². The lowest BCUT2D eigenvalue weighted by Crippen LogP contribution is -2.36. The highest BCUT2D eigenvalue weighted by Gasteiger charge is 2.37. The third kappa shape index (κ3) is 4.32. The number of amides is 2. The molecule has 1 fully saturated rings. The summed E-state index contributed by atoms with van der Waals surface area (Å²) in [5.41, 5.74) is 2.09. The summed E-state index contributed by atoms with van der Waals surface area (Å²) in [6, 6.07) is 3.34. The molecule has 31 heavy (non-hydrogen) atoms. The van der Waals surface area contributed by atoms with E-state index in [1.807, 2.05) is 0 Å². The van der Waals surface area contributed by atoms with Crippen molar-refractivity contribution in [2.45, 2.75) is 44.9 Å². The Kier molecular flexibility index (Phi) is 6.29. The zero-order valence-corrected chi connectivity index (χ0v) is 18.8. The molecule has 0 bridgehead atoms. The van der Waals surface area contributed by atoms with Gasteiger partial charge >= 0.3 is 5.97 Å². The van der Waals surface area contributed by atoms with Crippen molar-refractivity contribution in [2.75, 3.05) is 17.3 Å². The molecule has 2 aromatic heterocycles. The maximum atomic E-state index is 13.4. The monoisotopic (exact) mass is 461 g/mol. The molecule has 2 unspecified atom stereocenters. The van der Waals surface area contributed by atoms with Gasteiger partial charge in [-0.2, -0.15) is 0 Å². The lowest BCUT2D eigenvalue weighted by atomic mass is 9.79. The average Bonchev–Trinajstić information content (AvgIpc) is 3.34. The number of carbonyl (C=O) groups excluding carboxylic acids is 2. The molecule has 1 saturated carbocycles. The Morgan fingerprint density at radius 2 is 1.90 bits per heavy atom. The Morgan fingerprint density at radius 1 is 1.16 bits per heavy atom. The normalized spacial score (nSPS) is 20.2. The Labute approximate surface area is 189 Å². The molecule has 2 N–H and O–H groups in total. The Bertz CT molecular complexity index is 1020. The van der Waals surface area contributed by atoms with E-state index in [0.717, 1.165) is 42.5 Å². The fourth-order valence-electron chi connectivity index (χ4n) is 4.51. The molecule has 2 aliphatic carbocycles. The number of hydrogen-bond acceptors (Lipinski definition) is 5. The van der Waals surface area contributed by atoms with Crippen molar-refractivity contribution in [2.24, 2.45) is 11.8 Å². The third-order valence-electron chi connectivity index (χ3n) is 6.20. The van der Waals surface area contributed by atoms with Crippen molar-refractivity contribution in [1.82, 2.24) is 4.98 Å². The first-order valence-corrected chi connectivity index (χ1v) is 11.6. The van der Waals surface area contributed by atoms with Gasteiger partial charge in [-0.25, -0.2) is 4.98 Å². The average molecular weight is 462 g/mol. The number of aliphatic carboxylic acids is 1. The van der Waals surface area contributed by atoms with Crippen LogP contribution >= 0.6 is 22.9 Å². The molecule has 7 nitrogen and oxygen atoms in total. The molecule has 0 aliphatic heterocycles. The van der Waals surface area contributed by atoms with Crippen LogP contribution in [0, 0.1) is 11.8 Å². The van der Waals surface area contributed by atoms with E-state index >= 15 is 0 Å². The van der Waals surface area contributed by atoms with Crippen LogP contribution in [-0.2, 0) is 22.4 Å². The van der Waals surface area contributed by atoms with Gasteiger partial charge in [0.1, 0.15) is 10.2 Å².